The molecule has 0 bridgehead atoms. The first-order valence-corrected chi connectivity index (χ1v) is 8.22. The number of aryl methyl sites for hydroxylation is 2. The van der Waals surface area contributed by atoms with Crippen molar-refractivity contribution in [3.63, 3.8) is 0 Å². The minimum atomic E-state index is -0.986. The van der Waals surface area contributed by atoms with Gasteiger partial charge >= 0.3 is 5.97 Å². The Balaban J connectivity index is 1.92. The zero-order chi connectivity index (χ0) is 16.7. The van der Waals surface area contributed by atoms with Crippen molar-refractivity contribution in [1.82, 2.24) is 19.7 Å². The number of carboxylic acid groups (broad SMARTS) is 1. The van der Waals surface area contributed by atoms with E-state index in [1.165, 1.54) is 16.2 Å². The smallest absolute Gasteiger partial charge is 0.326 e. The van der Waals surface area contributed by atoms with Crippen molar-refractivity contribution in [3.8, 4) is 10.6 Å². The number of aliphatic carboxylic acids is 1. The minimum absolute atomic E-state index is 0.0249. The molecule has 0 aromatic carbocycles. The molecule has 0 saturated heterocycles. The van der Waals surface area contributed by atoms with E-state index >= 15 is 0 Å². The number of carboxylic acids is 1. The predicted molar refractivity (Wildman–Crippen MR) is 85.3 cm³/mol. The zero-order valence-electron chi connectivity index (χ0n) is 13.2. The van der Waals surface area contributed by atoms with Crippen LogP contribution in [-0.4, -0.2) is 48.7 Å². The first-order valence-electron chi connectivity index (χ1n) is 7.40. The van der Waals surface area contributed by atoms with Gasteiger partial charge in [0.1, 0.15) is 15.9 Å². The Hall–Kier alpha value is -2.22. The average molecular weight is 334 g/mol. The van der Waals surface area contributed by atoms with Crippen LogP contribution in [0, 0.1) is 6.92 Å². The van der Waals surface area contributed by atoms with E-state index < -0.39 is 12.0 Å². The van der Waals surface area contributed by atoms with Crippen molar-refractivity contribution >= 4 is 23.2 Å². The highest BCUT2D eigenvalue weighted by Gasteiger charge is 2.40. The number of amides is 1. The van der Waals surface area contributed by atoms with Gasteiger partial charge in [0.25, 0.3) is 5.91 Å². The van der Waals surface area contributed by atoms with Gasteiger partial charge in [-0.25, -0.2) is 9.78 Å². The van der Waals surface area contributed by atoms with Crippen LogP contribution in [0.4, 0.5) is 0 Å². The molecule has 1 saturated carbocycles. The SMILES string of the molecule is Cc1nc(-c2cnn(C)c2)sc1C(=O)N(C1CC1)C(C)C(=O)O. The van der Waals surface area contributed by atoms with Gasteiger partial charge in [-0.3, -0.25) is 9.48 Å². The van der Waals surface area contributed by atoms with Gasteiger partial charge in [-0.15, -0.1) is 11.3 Å². The Kier molecular flexibility index (Phi) is 3.93. The summed E-state index contributed by atoms with van der Waals surface area (Å²) in [7, 11) is 1.82. The summed E-state index contributed by atoms with van der Waals surface area (Å²) in [5, 5.41) is 14.1. The largest absolute Gasteiger partial charge is 0.480 e. The Morgan fingerprint density at radius 1 is 1.48 bits per heavy atom. The van der Waals surface area contributed by atoms with Gasteiger partial charge in [0.2, 0.25) is 0 Å². The third kappa shape index (κ3) is 2.98. The molecular formula is C15H18N4O3S. The molecule has 122 valence electrons. The summed E-state index contributed by atoms with van der Waals surface area (Å²) >= 11 is 1.29. The summed E-state index contributed by atoms with van der Waals surface area (Å²) in [6.45, 7) is 3.33. The van der Waals surface area contributed by atoms with Crippen LogP contribution in [0.25, 0.3) is 10.6 Å². The van der Waals surface area contributed by atoms with Gasteiger partial charge < -0.3 is 10.0 Å². The monoisotopic (exact) mass is 334 g/mol. The maximum Gasteiger partial charge on any atom is 0.326 e. The topological polar surface area (TPSA) is 88.3 Å². The number of carbonyl (C=O) groups is 2. The summed E-state index contributed by atoms with van der Waals surface area (Å²) in [6.07, 6.45) is 5.25. The fourth-order valence-corrected chi connectivity index (χ4v) is 3.48. The number of rotatable bonds is 5. The molecule has 2 aromatic heterocycles. The number of nitrogens with zero attached hydrogens (tertiary/aromatic N) is 4. The molecule has 2 aromatic rings. The number of aromatic nitrogens is 3. The lowest BCUT2D eigenvalue weighted by Crippen LogP contribution is -2.44. The fraction of sp³-hybridized carbons (Fsp3) is 0.467. The maximum atomic E-state index is 12.9. The molecule has 8 heteroatoms. The average Bonchev–Trinajstić information content (AvgIpc) is 3.10. The molecular weight excluding hydrogens is 316 g/mol. The van der Waals surface area contributed by atoms with Gasteiger partial charge in [0, 0.05) is 24.8 Å². The normalized spacial score (nSPS) is 15.4. The highest BCUT2D eigenvalue weighted by atomic mass is 32.1. The van der Waals surface area contributed by atoms with Crippen LogP contribution in [0.15, 0.2) is 12.4 Å². The van der Waals surface area contributed by atoms with Crippen LogP contribution in [0.1, 0.15) is 35.1 Å². The summed E-state index contributed by atoms with van der Waals surface area (Å²) < 4.78 is 1.68. The second-order valence-corrected chi connectivity index (χ2v) is 6.79. The van der Waals surface area contributed by atoms with E-state index in [2.05, 4.69) is 10.1 Å². The summed E-state index contributed by atoms with van der Waals surface area (Å²) in [4.78, 5) is 30.6. The quantitative estimate of drug-likeness (QED) is 0.902. The molecule has 7 nitrogen and oxygen atoms in total. The van der Waals surface area contributed by atoms with Crippen molar-refractivity contribution < 1.29 is 14.7 Å². The van der Waals surface area contributed by atoms with E-state index in [1.54, 1.807) is 24.7 Å². The van der Waals surface area contributed by atoms with E-state index in [4.69, 9.17) is 0 Å². The Morgan fingerprint density at radius 3 is 2.70 bits per heavy atom. The number of hydrogen-bond acceptors (Lipinski definition) is 5. The van der Waals surface area contributed by atoms with E-state index in [0.717, 1.165) is 23.4 Å². The van der Waals surface area contributed by atoms with Gasteiger partial charge in [0.05, 0.1) is 11.9 Å². The van der Waals surface area contributed by atoms with Crippen LogP contribution in [0.5, 0.6) is 0 Å². The lowest BCUT2D eigenvalue weighted by atomic mass is 10.2. The summed E-state index contributed by atoms with van der Waals surface area (Å²) in [6, 6.07) is -0.810. The fourth-order valence-electron chi connectivity index (χ4n) is 2.50. The van der Waals surface area contributed by atoms with Gasteiger partial charge in [-0.05, 0) is 26.7 Å². The predicted octanol–water partition coefficient (Wildman–Crippen LogP) is 1.93. The second kappa shape index (κ2) is 5.77. The first-order chi connectivity index (χ1) is 10.9. The summed E-state index contributed by atoms with van der Waals surface area (Å²) in [5.41, 5.74) is 1.48. The second-order valence-electron chi connectivity index (χ2n) is 5.79. The lowest BCUT2D eigenvalue weighted by Gasteiger charge is -2.26. The molecule has 0 aliphatic heterocycles. The molecule has 1 N–H and O–H groups in total. The van der Waals surface area contributed by atoms with Crippen molar-refractivity contribution in [2.75, 3.05) is 0 Å². The third-order valence-corrected chi connectivity index (χ3v) is 5.09. The highest BCUT2D eigenvalue weighted by Crippen LogP contribution is 2.34. The minimum Gasteiger partial charge on any atom is -0.480 e. The van der Waals surface area contributed by atoms with Gasteiger partial charge in [0.15, 0.2) is 0 Å². The van der Waals surface area contributed by atoms with Crippen molar-refractivity contribution in [1.29, 1.82) is 0 Å². The lowest BCUT2D eigenvalue weighted by molar-refractivity contribution is -0.141. The van der Waals surface area contributed by atoms with Gasteiger partial charge in [-0.2, -0.15) is 5.10 Å². The molecule has 0 spiro atoms. The van der Waals surface area contributed by atoms with Crippen molar-refractivity contribution in [2.24, 2.45) is 7.05 Å². The van der Waals surface area contributed by atoms with Crippen LogP contribution in [0.2, 0.25) is 0 Å². The van der Waals surface area contributed by atoms with Crippen LogP contribution in [-0.2, 0) is 11.8 Å². The van der Waals surface area contributed by atoms with Crippen LogP contribution in [0.3, 0.4) is 0 Å². The van der Waals surface area contributed by atoms with Crippen molar-refractivity contribution in [2.45, 2.75) is 38.8 Å². The summed E-state index contributed by atoms with van der Waals surface area (Å²) in [5.74, 6) is -1.23. The Bertz CT molecular complexity index is 763. The molecule has 0 radical (unpaired) electrons. The van der Waals surface area contributed by atoms with E-state index in [9.17, 15) is 14.7 Å². The molecule has 1 fully saturated rings. The Morgan fingerprint density at radius 2 is 2.17 bits per heavy atom. The molecule has 1 unspecified atom stereocenters. The van der Waals surface area contributed by atoms with E-state index in [1.807, 2.05) is 13.2 Å². The highest BCUT2D eigenvalue weighted by molar-refractivity contribution is 7.17. The first kappa shape index (κ1) is 15.7. The van der Waals surface area contributed by atoms with E-state index in [0.29, 0.717) is 10.6 Å². The molecule has 1 amide bonds. The standard InChI is InChI=1S/C15H18N4O3S/c1-8-12(23-13(17-8)10-6-16-18(3)7-10)14(20)19(11-4-5-11)9(2)15(21)22/h6-7,9,11H,4-5H2,1-3H3,(H,21,22). The molecule has 3 rings (SSSR count). The van der Waals surface area contributed by atoms with Gasteiger partial charge in [-0.1, -0.05) is 0 Å². The van der Waals surface area contributed by atoms with Crippen LogP contribution < -0.4 is 0 Å². The molecule has 2 heterocycles. The molecule has 1 aliphatic rings. The number of thiazole rings is 1. The van der Waals surface area contributed by atoms with Crippen molar-refractivity contribution in [3.05, 3.63) is 23.0 Å². The number of carbonyl (C=O) groups excluding carboxylic acids is 1. The molecule has 1 atom stereocenters. The maximum absolute atomic E-state index is 12.9. The third-order valence-electron chi connectivity index (χ3n) is 3.89. The molecule has 1 aliphatic carbocycles. The zero-order valence-corrected chi connectivity index (χ0v) is 14.0. The molecule has 23 heavy (non-hydrogen) atoms. The van der Waals surface area contributed by atoms with Crippen LogP contribution >= 0.6 is 11.3 Å². The number of hydrogen-bond donors (Lipinski definition) is 1. The Labute approximate surface area is 137 Å². The van der Waals surface area contributed by atoms with E-state index in [-0.39, 0.29) is 11.9 Å².